The summed E-state index contributed by atoms with van der Waals surface area (Å²) < 4.78 is 40.0. The number of hydrogen-bond acceptors (Lipinski definition) is 5. The van der Waals surface area contributed by atoms with Gasteiger partial charge in [-0.2, -0.15) is 0 Å². The predicted octanol–water partition coefficient (Wildman–Crippen LogP) is 9.63. The van der Waals surface area contributed by atoms with Crippen LogP contribution in [0.4, 0.5) is 13.6 Å². The first-order chi connectivity index (χ1) is 22.6. The number of fused-ring (bicyclic) bond motifs is 4. The number of unbranched alkanes of at least 4 members (excludes halogenated alkanes) is 1. The summed E-state index contributed by atoms with van der Waals surface area (Å²) in [7, 11) is 0. The maximum Gasteiger partial charge on any atom is 0.411 e. The van der Waals surface area contributed by atoms with Crippen LogP contribution >= 0.6 is 0 Å². The molecule has 2 aromatic heterocycles. The van der Waals surface area contributed by atoms with Crippen LogP contribution in [0.3, 0.4) is 0 Å². The number of hydrogen-bond donors (Lipinski definition) is 2. The van der Waals surface area contributed by atoms with E-state index in [1.807, 2.05) is 45.0 Å². The second-order valence-electron chi connectivity index (χ2n) is 14.8. The van der Waals surface area contributed by atoms with Crippen molar-refractivity contribution in [3.8, 4) is 23.2 Å². The fourth-order valence-electron chi connectivity index (χ4n) is 6.06. The fraction of sp³-hybridized carbons (Fsp3) is 0.447. The van der Waals surface area contributed by atoms with Crippen LogP contribution < -0.4 is 0 Å². The number of carbonyl (C=O) groups excluding carboxylic acids is 1. The maximum absolute atomic E-state index is 14.5. The van der Waals surface area contributed by atoms with Crippen molar-refractivity contribution in [3.05, 3.63) is 60.2 Å². The van der Waals surface area contributed by atoms with E-state index in [4.69, 9.17) is 14.5 Å². The van der Waals surface area contributed by atoms with Crippen LogP contribution in [0.2, 0.25) is 0 Å². The smallest absolute Gasteiger partial charge is 0.411 e. The van der Waals surface area contributed by atoms with Crippen LogP contribution in [-0.2, 0) is 9.47 Å². The van der Waals surface area contributed by atoms with Crippen molar-refractivity contribution < 1.29 is 23.0 Å². The molecule has 1 saturated heterocycles. The molecule has 0 saturated carbocycles. The van der Waals surface area contributed by atoms with Crippen molar-refractivity contribution in [3.63, 3.8) is 0 Å². The number of alkyl halides is 2. The first kappa shape index (κ1) is 33.3. The third-order valence-electron chi connectivity index (χ3n) is 8.37. The minimum Gasteiger partial charge on any atom is -0.444 e. The summed E-state index contributed by atoms with van der Waals surface area (Å²) in [5, 5.41) is 2.16. The average molecular weight is 656 g/mol. The topological polar surface area (TPSA) is 96.1 Å². The summed E-state index contributed by atoms with van der Waals surface area (Å²) in [5.74, 6) is 1.61. The van der Waals surface area contributed by atoms with E-state index in [-0.39, 0.29) is 11.5 Å². The van der Waals surface area contributed by atoms with Gasteiger partial charge in [-0.25, -0.2) is 23.5 Å². The first-order valence-corrected chi connectivity index (χ1v) is 16.5. The number of H-pyrrole nitrogens is 2. The van der Waals surface area contributed by atoms with E-state index in [9.17, 15) is 13.6 Å². The molecule has 1 aliphatic heterocycles. The van der Waals surface area contributed by atoms with Crippen molar-refractivity contribution in [2.45, 2.75) is 103 Å². The molecule has 3 aromatic carbocycles. The van der Waals surface area contributed by atoms with Crippen LogP contribution in [-0.4, -0.2) is 54.6 Å². The van der Waals surface area contributed by atoms with E-state index in [2.05, 4.69) is 58.2 Å². The molecule has 0 bridgehead atoms. The molecule has 0 radical (unpaired) electrons. The van der Waals surface area contributed by atoms with Gasteiger partial charge in [0.25, 0.3) is 5.92 Å². The van der Waals surface area contributed by atoms with Crippen LogP contribution in [0.1, 0.15) is 97.8 Å². The summed E-state index contributed by atoms with van der Waals surface area (Å²) in [5.41, 5.74) is 4.18. The van der Waals surface area contributed by atoms with Gasteiger partial charge in [0.1, 0.15) is 29.0 Å². The van der Waals surface area contributed by atoms with Crippen LogP contribution in [0, 0.1) is 12.0 Å². The van der Waals surface area contributed by atoms with Gasteiger partial charge in [0.2, 0.25) is 0 Å². The lowest BCUT2D eigenvalue weighted by molar-refractivity contribution is -0.00248. The molecule has 0 unspecified atom stereocenters. The number of nitrogens with one attached hydrogen (secondary N) is 2. The summed E-state index contributed by atoms with van der Waals surface area (Å²) in [6.07, 6.45) is 4.22. The van der Waals surface area contributed by atoms with Crippen molar-refractivity contribution >= 4 is 38.9 Å². The Kier molecular flexibility index (Phi) is 8.61. The Morgan fingerprint density at radius 3 is 2.48 bits per heavy atom. The zero-order chi connectivity index (χ0) is 34.4. The SMILES string of the molecule is C[C@@H](CCCC#COC(C)(C)C)c1nc2ccc3cc(-c4ccc5nc([C@@H]6CC(F)(F)CN6C(=O)OC(C)(C)C)[nH]c5c4)ccc3c2[nH]1. The lowest BCUT2D eigenvalue weighted by Gasteiger charge is -2.27. The summed E-state index contributed by atoms with van der Waals surface area (Å²) in [4.78, 5) is 30.2. The lowest BCUT2D eigenvalue weighted by Crippen LogP contribution is -2.38. The number of rotatable bonds is 6. The second-order valence-corrected chi connectivity index (χ2v) is 14.8. The molecule has 6 rings (SSSR count). The number of halogens is 2. The highest BCUT2D eigenvalue weighted by Crippen LogP contribution is 2.41. The molecule has 1 aliphatic rings. The van der Waals surface area contributed by atoms with Gasteiger partial charge >= 0.3 is 6.09 Å². The Balaban J connectivity index is 1.20. The average Bonchev–Trinajstić information content (AvgIpc) is 3.71. The van der Waals surface area contributed by atoms with E-state index in [0.717, 1.165) is 62.9 Å². The lowest BCUT2D eigenvalue weighted by atomic mass is 10.0. The Bertz CT molecular complexity index is 2040. The Morgan fingerprint density at radius 1 is 1.00 bits per heavy atom. The van der Waals surface area contributed by atoms with Crippen molar-refractivity contribution in [2.24, 2.45) is 0 Å². The molecule has 10 heteroatoms. The van der Waals surface area contributed by atoms with Gasteiger partial charge in [-0.05, 0) is 95.2 Å². The molecule has 2 N–H and O–H groups in total. The van der Waals surface area contributed by atoms with Gasteiger partial charge in [0.05, 0.1) is 34.7 Å². The molecule has 252 valence electrons. The van der Waals surface area contributed by atoms with Crippen LogP contribution in [0.5, 0.6) is 0 Å². The predicted molar refractivity (Wildman–Crippen MR) is 185 cm³/mol. The molecule has 1 amide bonds. The number of aromatic nitrogens is 4. The van der Waals surface area contributed by atoms with Gasteiger partial charge in [0.15, 0.2) is 0 Å². The molecule has 48 heavy (non-hydrogen) atoms. The van der Waals surface area contributed by atoms with Crippen molar-refractivity contribution in [1.82, 2.24) is 24.8 Å². The largest absolute Gasteiger partial charge is 0.444 e. The molecule has 1 fully saturated rings. The standard InChI is InChI=1S/C38H43F2N5O3/c1-23(11-9-8-10-18-47-36(2,3)4)33-42-29-17-14-26-19-24(12-15-27(26)32(29)44-33)25-13-16-28-30(20-25)43-34(41-28)31-21-38(39,40)22-45(31)35(46)48-37(5,6)7/h12-17,19-20,23,31H,8-9,11,21-22H2,1-7H3,(H,41,43)(H,42,44)/t23-,31-/m0/s1. The normalized spacial score (nSPS) is 17.1. The third kappa shape index (κ3) is 7.40. The molecule has 2 atom stereocenters. The number of ether oxygens (including phenoxy) is 2. The number of likely N-dealkylation sites (tertiary alicyclic amines) is 1. The van der Waals surface area contributed by atoms with Gasteiger partial charge in [-0.1, -0.05) is 37.1 Å². The summed E-state index contributed by atoms with van der Waals surface area (Å²) in [6, 6.07) is 15.3. The molecule has 8 nitrogen and oxygen atoms in total. The highest BCUT2D eigenvalue weighted by molar-refractivity contribution is 6.05. The van der Waals surface area contributed by atoms with Crippen molar-refractivity contribution in [2.75, 3.05) is 6.54 Å². The second kappa shape index (κ2) is 12.4. The number of amides is 1. The van der Waals surface area contributed by atoms with Gasteiger partial charge < -0.3 is 19.4 Å². The zero-order valence-electron chi connectivity index (χ0n) is 28.6. The zero-order valence-corrected chi connectivity index (χ0v) is 28.6. The number of aromatic amines is 2. The van der Waals surface area contributed by atoms with Gasteiger partial charge in [-0.3, -0.25) is 4.90 Å². The number of carbonyl (C=O) groups is 1. The van der Waals surface area contributed by atoms with E-state index in [0.29, 0.717) is 16.9 Å². The van der Waals surface area contributed by atoms with E-state index in [1.54, 1.807) is 20.8 Å². The van der Waals surface area contributed by atoms with E-state index >= 15 is 0 Å². The molecular weight excluding hydrogens is 612 g/mol. The minimum absolute atomic E-state index is 0.259. The van der Waals surface area contributed by atoms with Crippen LogP contribution in [0.25, 0.3) is 44.0 Å². The first-order valence-electron chi connectivity index (χ1n) is 16.5. The monoisotopic (exact) mass is 655 g/mol. The van der Waals surface area contributed by atoms with Crippen molar-refractivity contribution in [1.29, 1.82) is 0 Å². The number of imidazole rings is 2. The Morgan fingerprint density at radius 2 is 1.73 bits per heavy atom. The van der Waals surface area contributed by atoms with E-state index in [1.165, 1.54) is 0 Å². The highest BCUT2D eigenvalue weighted by atomic mass is 19.3. The molecule has 0 aliphatic carbocycles. The quantitative estimate of drug-likeness (QED) is 0.140. The highest BCUT2D eigenvalue weighted by Gasteiger charge is 2.50. The molecule has 5 aromatic rings. The van der Waals surface area contributed by atoms with Gasteiger partial charge in [0, 0.05) is 24.1 Å². The summed E-state index contributed by atoms with van der Waals surface area (Å²) >= 11 is 0. The maximum atomic E-state index is 14.5. The fourth-order valence-corrected chi connectivity index (χ4v) is 6.06. The number of nitrogens with zero attached hydrogens (tertiary/aromatic N) is 3. The molecule has 0 spiro atoms. The summed E-state index contributed by atoms with van der Waals surface area (Å²) in [6.45, 7) is 12.6. The Hall–Kier alpha value is -4.65. The van der Waals surface area contributed by atoms with E-state index < -0.39 is 36.6 Å². The molecular formula is C38H43F2N5O3. The Labute approximate surface area is 279 Å². The van der Waals surface area contributed by atoms with Crippen LogP contribution in [0.15, 0.2) is 48.5 Å². The minimum atomic E-state index is -3.04. The molecule has 3 heterocycles. The third-order valence-corrected chi connectivity index (χ3v) is 8.37. The van der Waals surface area contributed by atoms with Gasteiger partial charge in [-0.15, -0.1) is 0 Å². The number of benzene rings is 3.